The van der Waals surface area contributed by atoms with Crippen LogP contribution in [0.5, 0.6) is 0 Å². The number of aromatic nitrogens is 3. The van der Waals surface area contributed by atoms with Crippen LogP contribution in [0.2, 0.25) is 0 Å². The highest BCUT2D eigenvalue weighted by atomic mass is 32.2. The molecule has 1 aromatic carbocycles. The lowest BCUT2D eigenvalue weighted by molar-refractivity contribution is 0.597. The van der Waals surface area contributed by atoms with Gasteiger partial charge in [-0.15, -0.1) is 0 Å². The van der Waals surface area contributed by atoms with Gasteiger partial charge in [0.2, 0.25) is 0 Å². The first-order valence-corrected chi connectivity index (χ1v) is 7.74. The first-order chi connectivity index (χ1) is 9.04. The minimum atomic E-state index is -3.65. The van der Waals surface area contributed by atoms with E-state index in [-0.39, 0.29) is 5.03 Å². The molecule has 0 aliphatic heterocycles. The molecule has 0 bridgehead atoms. The highest BCUT2D eigenvalue weighted by Gasteiger charge is 2.17. The zero-order valence-corrected chi connectivity index (χ0v) is 11.5. The summed E-state index contributed by atoms with van der Waals surface area (Å²) in [5, 5.41) is 6.40. The number of aryl methyl sites for hydroxylation is 1. The van der Waals surface area contributed by atoms with Crippen molar-refractivity contribution in [3.8, 4) is 0 Å². The van der Waals surface area contributed by atoms with Crippen LogP contribution in [0, 0.1) is 6.92 Å². The average molecular weight is 294 g/mol. The van der Waals surface area contributed by atoms with Gasteiger partial charge in [0.25, 0.3) is 10.0 Å². The van der Waals surface area contributed by atoms with Crippen molar-refractivity contribution in [1.29, 1.82) is 0 Å². The van der Waals surface area contributed by atoms with Crippen LogP contribution in [-0.2, 0) is 10.0 Å². The maximum atomic E-state index is 12.0. The smallest absolute Gasteiger partial charge is 0.266 e. The summed E-state index contributed by atoms with van der Waals surface area (Å²) in [5.74, 6) is 0. The highest BCUT2D eigenvalue weighted by molar-refractivity contribution is 7.92. The molecule has 0 fully saturated rings. The lowest BCUT2D eigenvalue weighted by Gasteiger charge is -2.00. The van der Waals surface area contributed by atoms with Crippen LogP contribution in [-0.4, -0.2) is 23.6 Å². The summed E-state index contributed by atoms with van der Waals surface area (Å²) < 4.78 is 27.4. The van der Waals surface area contributed by atoms with E-state index in [1.807, 2.05) is 25.1 Å². The van der Waals surface area contributed by atoms with Gasteiger partial charge in [0.15, 0.2) is 10.2 Å². The number of aromatic amines is 1. The van der Waals surface area contributed by atoms with Crippen LogP contribution < -0.4 is 4.72 Å². The standard InChI is InChI=1S/C11H10N4O2S2/c1-7-2-3-8-9(6-7)18-11(13-8)15-19(16,17)10-4-5-12-14-10/h2-6H,1H3,(H,12,14)(H,13,15). The number of sulfonamides is 1. The first kappa shape index (κ1) is 12.1. The summed E-state index contributed by atoms with van der Waals surface area (Å²) in [6, 6.07) is 7.17. The second kappa shape index (κ2) is 4.32. The zero-order chi connectivity index (χ0) is 13.5. The SMILES string of the molecule is Cc1ccc2nc(NS(=O)(=O)c3ccn[nH]3)sc2c1. The van der Waals surface area contributed by atoms with E-state index in [2.05, 4.69) is 19.9 Å². The van der Waals surface area contributed by atoms with Crippen molar-refractivity contribution in [3.63, 3.8) is 0 Å². The predicted molar refractivity (Wildman–Crippen MR) is 73.8 cm³/mol. The molecule has 98 valence electrons. The molecule has 0 saturated carbocycles. The number of thiazole rings is 1. The molecule has 0 unspecified atom stereocenters. The van der Waals surface area contributed by atoms with Gasteiger partial charge < -0.3 is 0 Å². The lowest BCUT2D eigenvalue weighted by Crippen LogP contribution is -2.13. The summed E-state index contributed by atoms with van der Waals surface area (Å²) in [7, 11) is -3.65. The summed E-state index contributed by atoms with van der Waals surface area (Å²) >= 11 is 1.30. The number of benzene rings is 1. The quantitative estimate of drug-likeness (QED) is 0.774. The minimum Gasteiger partial charge on any atom is -0.266 e. The second-order valence-electron chi connectivity index (χ2n) is 4.02. The fraction of sp³-hybridized carbons (Fsp3) is 0.0909. The van der Waals surface area contributed by atoms with Gasteiger partial charge in [0.05, 0.1) is 16.4 Å². The van der Waals surface area contributed by atoms with Gasteiger partial charge in [0, 0.05) is 0 Å². The molecule has 2 aromatic heterocycles. The van der Waals surface area contributed by atoms with E-state index in [9.17, 15) is 8.42 Å². The average Bonchev–Trinajstić information content (AvgIpc) is 2.95. The molecule has 0 aliphatic rings. The Balaban J connectivity index is 1.98. The molecule has 3 rings (SSSR count). The van der Waals surface area contributed by atoms with Gasteiger partial charge in [-0.2, -0.15) is 13.5 Å². The Hall–Kier alpha value is -1.93. The van der Waals surface area contributed by atoms with E-state index in [1.165, 1.54) is 23.6 Å². The summed E-state index contributed by atoms with van der Waals surface area (Å²) in [6.45, 7) is 1.98. The van der Waals surface area contributed by atoms with Crippen LogP contribution in [0.3, 0.4) is 0 Å². The summed E-state index contributed by atoms with van der Waals surface area (Å²) in [4.78, 5) is 4.24. The zero-order valence-electron chi connectivity index (χ0n) is 9.91. The molecule has 19 heavy (non-hydrogen) atoms. The maximum Gasteiger partial charge on any atom is 0.280 e. The molecule has 3 aromatic rings. The summed E-state index contributed by atoms with van der Waals surface area (Å²) in [5.41, 5.74) is 1.89. The lowest BCUT2D eigenvalue weighted by atomic mass is 10.2. The van der Waals surface area contributed by atoms with Crippen molar-refractivity contribution >= 4 is 36.7 Å². The Labute approximate surface area is 113 Å². The molecule has 0 amide bonds. The van der Waals surface area contributed by atoms with Crippen LogP contribution in [0.4, 0.5) is 5.13 Å². The number of nitrogens with one attached hydrogen (secondary N) is 2. The van der Waals surface area contributed by atoms with Crippen LogP contribution in [0.25, 0.3) is 10.2 Å². The van der Waals surface area contributed by atoms with Crippen molar-refractivity contribution in [3.05, 3.63) is 36.0 Å². The fourth-order valence-electron chi connectivity index (χ4n) is 1.64. The number of anilines is 1. The van der Waals surface area contributed by atoms with Crippen LogP contribution >= 0.6 is 11.3 Å². The third-order valence-electron chi connectivity index (χ3n) is 2.53. The van der Waals surface area contributed by atoms with Gasteiger partial charge >= 0.3 is 0 Å². The number of rotatable bonds is 3. The molecule has 0 spiro atoms. The Bertz CT molecular complexity index is 822. The van der Waals surface area contributed by atoms with Gasteiger partial charge in [0.1, 0.15) is 0 Å². The predicted octanol–water partition coefficient (Wildman–Crippen LogP) is 2.13. The third kappa shape index (κ3) is 2.32. The highest BCUT2D eigenvalue weighted by Crippen LogP contribution is 2.28. The number of hydrogen-bond acceptors (Lipinski definition) is 5. The third-order valence-corrected chi connectivity index (χ3v) is 4.86. The molecule has 0 saturated heterocycles. The van der Waals surface area contributed by atoms with Gasteiger partial charge in [-0.3, -0.25) is 9.82 Å². The van der Waals surface area contributed by atoms with Crippen molar-refractivity contribution in [1.82, 2.24) is 15.2 Å². The molecule has 2 N–H and O–H groups in total. The monoisotopic (exact) mass is 294 g/mol. The largest absolute Gasteiger partial charge is 0.280 e. The fourth-order valence-corrected chi connectivity index (χ4v) is 3.75. The Morgan fingerprint density at radius 3 is 2.89 bits per heavy atom. The number of fused-ring (bicyclic) bond motifs is 1. The molecule has 0 aliphatic carbocycles. The van der Waals surface area contributed by atoms with E-state index in [0.717, 1.165) is 15.8 Å². The van der Waals surface area contributed by atoms with Gasteiger partial charge in [-0.05, 0) is 30.7 Å². The Morgan fingerprint density at radius 2 is 2.16 bits per heavy atom. The van der Waals surface area contributed by atoms with Crippen molar-refractivity contribution in [2.75, 3.05) is 4.72 Å². The Morgan fingerprint density at radius 1 is 1.32 bits per heavy atom. The second-order valence-corrected chi connectivity index (χ2v) is 6.70. The molecule has 2 heterocycles. The molecule has 6 nitrogen and oxygen atoms in total. The number of hydrogen-bond donors (Lipinski definition) is 2. The van der Waals surface area contributed by atoms with Crippen molar-refractivity contribution in [2.45, 2.75) is 11.9 Å². The number of nitrogens with zero attached hydrogens (tertiary/aromatic N) is 2. The van der Waals surface area contributed by atoms with Crippen LogP contribution in [0.15, 0.2) is 35.5 Å². The molecule has 0 radical (unpaired) electrons. The topological polar surface area (TPSA) is 87.7 Å². The molecular weight excluding hydrogens is 284 g/mol. The molecule has 8 heteroatoms. The number of H-pyrrole nitrogens is 1. The first-order valence-electron chi connectivity index (χ1n) is 5.44. The van der Waals surface area contributed by atoms with E-state index in [0.29, 0.717) is 5.13 Å². The van der Waals surface area contributed by atoms with E-state index < -0.39 is 10.0 Å². The van der Waals surface area contributed by atoms with E-state index in [1.54, 1.807) is 0 Å². The normalized spacial score (nSPS) is 11.8. The van der Waals surface area contributed by atoms with Gasteiger partial charge in [-0.1, -0.05) is 17.4 Å². The van der Waals surface area contributed by atoms with Crippen molar-refractivity contribution < 1.29 is 8.42 Å². The van der Waals surface area contributed by atoms with Crippen molar-refractivity contribution in [2.24, 2.45) is 0 Å². The van der Waals surface area contributed by atoms with Gasteiger partial charge in [-0.25, -0.2) is 4.98 Å². The molecule has 0 atom stereocenters. The maximum absolute atomic E-state index is 12.0. The Kier molecular flexibility index (Phi) is 2.76. The minimum absolute atomic E-state index is 0.0166. The van der Waals surface area contributed by atoms with Crippen LogP contribution in [0.1, 0.15) is 5.56 Å². The van der Waals surface area contributed by atoms with E-state index in [4.69, 9.17) is 0 Å². The molecular formula is C11H10N4O2S2. The summed E-state index contributed by atoms with van der Waals surface area (Å²) in [6.07, 6.45) is 1.39. The van der Waals surface area contributed by atoms with E-state index >= 15 is 0 Å².